The van der Waals surface area contributed by atoms with Crippen molar-refractivity contribution in [1.82, 2.24) is 40.7 Å². The van der Waals surface area contributed by atoms with Gasteiger partial charge in [0.05, 0.1) is 33.7 Å². The van der Waals surface area contributed by atoms with Crippen LogP contribution >= 0.6 is 0 Å². The van der Waals surface area contributed by atoms with Gasteiger partial charge in [-0.3, -0.25) is 29.2 Å². The average Bonchev–Trinajstić information content (AvgIpc) is 4.04. The van der Waals surface area contributed by atoms with Gasteiger partial charge in [-0.2, -0.15) is 9.97 Å². The van der Waals surface area contributed by atoms with Crippen molar-refractivity contribution in [2.75, 3.05) is 44.3 Å². The molecule has 6 atom stereocenters. The number of carbonyl (C=O) groups excluding carboxylic acids is 4. The minimum atomic E-state index is -1.35. The summed E-state index contributed by atoms with van der Waals surface area (Å²) >= 11 is 0. The molecular weight excluding hydrogens is 905 g/mol. The molecule has 2 aromatic heterocycles. The molecule has 0 saturated carbocycles. The monoisotopic (exact) mass is 953 g/mol. The molecule has 5 fully saturated rings. The molecule has 2 bridgehead atoms. The zero-order valence-corrected chi connectivity index (χ0v) is 38.0. The molecule has 5 N–H and O–H groups in total. The number of piperazine rings is 1. The summed E-state index contributed by atoms with van der Waals surface area (Å²) in [5, 5.41) is 30.9. The molecular formula is C51H49F2N9O8. The Labute approximate surface area is 400 Å². The van der Waals surface area contributed by atoms with Crippen molar-refractivity contribution in [2.24, 2.45) is 0 Å². The number of alkyl carbamates (subject to hydrolysis) is 1. The molecule has 70 heavy (non-hydrogen) atoms. The summed E-state index contributed by atoms with van der Waals surface area (Å²) in [4.78, 5) is 70.7. The zero-order valence-electron chi connectivity index (χ0n) is 38.0. The molecule has 3 aromatic carbocycles. The number of carbonyl (C=O) groups is 4. The Bertz CT molecular complexity index is 3100. The quantitative estimate of drug-likeness (QED) is 0.0704. The Balaban J connectivity index is 0.780. The minimum absolute atomic E-state index is 0.0406. The number of nitrogens with zero attached hydrogens (tertiary/aromatic N) is 6. The highest BCUT2D eigenvalue weighted by Gasteiger charge is 2.52. The number of aliphatic hydroxyl groups excluding tert-OH is 1. The van der Waals surface area contributed by atoms with Gasteiger partial charge >= 0.3 is 12.1 Å². The van der Waals surface area contributed by atoms with Gasteiger partial charge in [0.1, 0.15) is 48.0 Å². The SMILES string of the molecule is C#Cc1c(F)ccc2cc(O)cc(-c3ncc4c(N5CC6CCC(C5)N6)nc(OC[C@@]56CC[C@@H](COC(=O)NCCc7ccc8c(c7)C(=O)N(C7CCC(=O)NC7O)C8=O)N5CC(=C)C6)nc4c3F)c12. The van der Waals surface area contributed by atoms with E-state index in [4.69, 9.17) is 20.9 Å². The first kappa shape index (κ1) is 45.2. The average molecular weight is 954 g/mol. The van der Waals surface area contributed by atoms with Crippen LogP contribution < -0.4 is 25.6 Å². The second-order valence-electron chi connectivity index (χ2n) is 19.2. The number of anilines is 1. The molecule has 6 aliphatic rings. The number of phenolic OH excluding ortho intramolecular Hbond substituents is 1. The predicted molar refractivity (Wildman–Crippen MR) is 251 cm³/mol. The van der Waals surface area contributed by atoms with E-state index in [1.807, 2.05) is 0 Å². The molecule has 5 aromatic rings. The van der Waals surface area contributed by atoms with Crippen molar-refractivity contribution in [3.63, 3.8) is 0 Å². The molecule has 4 amide bonds. The van der Waals surface area contributed by atoms with Crippen LogP contribution in [0.3, 0.4) is 0 Å². The highest BCUT2D eigenvalue weighted by molar-refractivity contribution is 6.21. The van der Waals surface area contributed by atoms with Crippen LogP contribution in [0.5, 0.6) is 11.8 Å². The highest BCUT2D eigenvalue weighted by Crippen LogP contribution is 2.45. The number of fused-ring (bicyclic) bond motifs is 6. The summed E-state index contributed by atoms with van der Waals surface area (Å²) in [6, 6.07) is 9.68. The number of hydrogen-bond acceptors (Lipinski definition) is 14. The smallest absolute Gasteiger partial charge is 0.407 e. The highest BCUT2D eigenvalue weighted by atomic mass is 19.1. The number of amides is 4. The van der Waals surface area contributed by atoms with Gasteiger partial charge in [0.2, 0.25) is 5.91 Å². The van der Waals surface area contributed by atoms with Crippen LogP contribution in [0, 0.1) is 24.0 Å². The van der Waals surface area contributed by atoms with E-state index in [9.17, 15) is 29.4 Å². The van der Waals surface area contributed by atoms with Gasteiger partial charge < -0.3 is 40.5 Å². The Kier molecular flexibility index (Phi) is 11.4. The number of piperidine rings is 1. The summed E-state index contributed by atoms with van der Waals surface area (Å²) in [5.74, 6) is -0.237. The van der Waals surface area contributed by atoms with E-state index in [-0.39, 0.29) is 107 Å². The maximum Gasteiger partial charge on any atom is 0.407 e. The first-order valence-electron chi connectivity index (χ1n) is 23.5. The number of nitrogens with one attached hydrogen (secondary N) is 3. The van der Waals surface area contributed by atoms with E-state index < -0.39 is 47.4 Å². The van der Waals surface area contributed by atoms with Crippen LogP contribution in [0.2, 0.25) is 0 Å². The second kappa shape index (κ2) is 17.6. The molecule has 4 unspecified atom stereocenters. The molecule has 11 rings (SSSR count). The molecule has 0 radical (unpaired) electrons. The van der Waals surface area contributed by atoms with Crippen molar-refractivity contribution in [3.05, 3.63) is 94.7 Å². The number of phenols is 1. The number of aromatic nitrogens is 3. The van der Waals surface area contributed by atoms with Gasteiger partial charge in [-0.05, 0) is 86.2 Å². The maximum absolute atomic E-state index is 17.2. The summed E-state index contributed by atoms with van der Waals surface area (Å²) in [6.45, 7) is 6.53. The topological polar surface area (TPSA) is 212 Å². The number of aromatic hydroxyl groups is 1. The molecule has 360 valence electrons. The summed E-state index contributed by atoms with van der Waals surface area (Å²) in [5.41, 5.74) is 1.36. The van der Waals surface area contributed by atoms with E-state index in [1.165, 1.54) is 30.5 Å². The fourth-order valence-electron chi connectivity index (χ4n) is 11.5. The standard InChI is InChI=1S/C51H49F2N9O8/c1-3-33-38(52)9-5-28-17-32(63)18-36(41(28)33)43-42(53)44-37(20-55-43)45(60-22-29-6-7-30(23-60)56-29)59-49(58-44)70-25-51-14-12-31(61(51)21-26(2)19-51)24-69-50(68)54-15-13-27-4-8-34-35(16-27)48(67)62(47(34)66)39-10-11-40(64)57-46(39)65/h1,4-5,8-9,16-18,20,29-31,39,46,56,63,65H,2,6-7,10-15,19,21-25H2,(H,54,68)(H,57,64)/t29?,30?,31-,39?,46?,51-/m0/s1. The summed E-state index contributed by atoms with van der Waals surface area (Å²) in [7, 11) is 0. The molecule has 6 aliphatic heterocycles. The molecule has 0 spiro atoms. The lowest BCUT2D eigenvalue weighted by Crippen LogP contribution is -2.57. The third-order valence-corrected chi connectivity index (χ3v) is 14.8. The van der Waals surface area contributed by atoms with Crippen molar-refractivity contribution in [1.29, 1.82) is 0 Å². The fourth-order valence-corrected chi connectivity index (χ4v) is 11.5. The van der Waals surface area contributed by atoms with Crippen LogP contribution in [-0.4, -0.2) is 134 Å². The lowest BCUT2D eigenvalue weighted by Gasteiger charge is -2.35. The van der Waals surface area contributed by atoms with E-state index >= 15 is 8.78 Å². The van der Waals surface area contributed by atoms with E-state index in [0.717, 1.165) is 23.3 Å². The summed E-state index contributed by atoms with van der Waals surface area (Å²) in [6.07, 6.45) is 9.86. The van der Waals surface area contributed by atoms with E-state index in [1.54, 1.807) is 18.2 Å². The Morgan fingerprint density at radius 1 is 1.01 bits per heavy atom. The first-order chi connectivity index (χ1) is 33.8. The third kappa shape index (κ3) is 7.89. The van der Waals surface area contributed by atoms with Crippen molar-refractivity contribution in [3.8, 4) is 35.4 Å². The number of terminal acetylenes is 1. The largest absolute Gasteiger partial charge is 0.508 e. The van der Waals surface area contributed by atoms with Crippen molar-refractivity contribution >= 4 is 51.3 Å². The number of imide groups is 1. The van der Waals surface area contributed by atoms with Crippen LogP contribution in [0.25, 0.3) is 32.9 Å². The summed E-state index contributed by atoms with van der Waals surface area (Å²) < 4.78 is 44.5. The van der Waals surface area contributed by atoms with Crippen LogP contribution in [-0.2, 0) is 16.0 Å². The lowest BCUT2D eigenvalue weighted by atomic mass is 9.94. The molecule has 8 heterocycles. The minimum Gasteiger partial charge on any atom is -0.508 e. The van der Waals surface area contributed by atoms with Gasteiger partial charge in [-0.25, -0.2) is 13.6 Å². The number of hydrogen-bond donors (Lipinski definition) is 5. The Morgan fingerprint density at radius 2 is 1.81 bits per heavy atom. The number of aliphatic hydroxyl groups is 1. The number of ether oxygens (including phenoxy) is 2. The molecule has 17 nitrogen and oxygen atoms in total. The second-order valence-corrected chi connectivity index (χ2v) is 19.2. The van der Waals surface area contributed by atoms with Gasteiger partial charge in [-0.15, -0.1) is 6.42 Å². The van der Waals surface area contributed by atoms with E-state index in [0.29, 0.717) is 67.5 Å². The number of rotatable bonds is 11. The normalized spacial score (nSPS) is 25.1. The number of halogens is 2. The molecule has 0 aliphatic carbocycles. The third-order valence-electron chi connectivity index (χ3n) is 14.8. The van der Waals surface area contributed by atoms with E-state index in [2.05, 4.69) is 48.2 Å². The maximum atomic E-state index is 17.2. The lowest BCUT2D eigenvalue weighted by molar-refractivity contribution is -0.129. The van der Waals surface area contributed by atoms with Gasteiger partial charge in [0.25, 0.3) is 11.8 Å². The van der Waals surface area contributed by atoms with Crippen LogP contribution in [0.4, 0.5) is 19.4 Å². The fraction of sp³-hybridized carbons (Fsp3) is 0.392. The van der Waals surface area contributed by atoms with Gasteiger partial charge in [0, 0.05) is 67.9 Å². The van der Waals surface area contributed by atoms with Crippen molar-refractivity contribution < 1.29 is 47.6 Å². The first-order valence-corrected chi connectivity index (χ1v) is 23.5. The predicted octanol–water partition coefficient (Wildman–Crippen LogP) is 4.45. The zero-order chi connectivity index (χ0) is 48.6. The number of pyridine rings is 1. The Hall–Kier alpha value is -7.27. The molecule has 19 heteroatoms. The van der Waals surface area contributed by atoms with Crippen molar-refractivity contribution in [2.45, 2.75) is 87.3 Å². The van der Waals surface area contributed by atoms with Crippen LogP contribution in [0.15, 0.2) is 60.8 Å². The molecule has 5 saturated heterocycles. The number of benzene rings is 3. The van der Waals surface area contributed by atoms with Gasteiger partial charge in [-0.1, -0.05) is 30.2 Å². The Morgan fingerprint density at radius 3 is 2.60 bits per heavy atom. The van der Waals surface area contributed by atoms with Crippen LogP contribution in [0.1, 0.15) is 76.8 Å². The van der Waals surface area contributed by atoms with Gasteiger partial charge in [0.15, 0.2) is 5.82 Å².